The van der Waals surface area contributed by atoms with Crippen molar-refractivity contribution in [2.45, 2.75) is 32.0 Å². The number of carbonyl (C=O) groups is 4. The zero-order valence-electron chi connectivity index (χ0n) is 21.9. The first-order valence-electron chi connectivity index (χ1n) is 12.9. The highest BCUT2D eigenvalue weighted by molar-refractivity contribution is 6.05. The number of likely N-dealkylation sites (tertiary alicyclic amines) is 1. The largest absolute Gasteiger partial charge is 0.449 e. The number of benzene rings is 2. The minimum absolute atomic E-state index is 0.0240. The van der Waals surface area contributed by atoms with Crippen molar-refractivity contribution in [3.05, 3.63) is 64.4 Å². The second-order valence-electron chi connectivity index (χ2n) is 9.52. The number of nitrogens with zero attached hydrogens (tertiary/aromatic N) is 3. The summed E-state index contributed by atoms with van der Waals surface area (Å²) in [6, 6.07) is 9.78. The van der Waals surface area contributed by atoms with Gasteiger partial charge in [0.25, 0.3) is 17.7 Å². The van der Waals surface area contributed by atoms with E-state index in [2.05, 4.69) is 20.0 Å². The number of H-pyrrole nitrogens is 1. The van der Waals surface area contributed by atoms with Crippen LogP contribution in [0.2, 0.25) is 0 Å². The maximum atomic E-state index is 14.6. The van der Waals surface area contributed by atoms with Gasteiger partial charge in [0.05, 0.1) is 6.61 Å². The van der Waals surface area contributed by atoms with Crippen molar-refractivity contribution in [3.8, 4) is 11.4 Å². The molecule has 0 unspecified atom stereocenters. The van der Waals surface area contributed by atoms with Gasteiger partial charge in [-0.05, 0) is 55.3 Å². The average molecular weight is 568 g/mol. The number of aromatic nitrogens is 2. The number of aromatic amines is 1. The molecule has 0 aliphatic carbocycles. The summed E-state index contributed by atoms with van der Waals surface area (Å²) in [7, 11) is 0. The minimum atomic E-state index is -1.67. The van der Waals surface area contributed by atoms with Gasteiger partial charge in [0.15, 0.2) is 11.9 Å². The smallest absolute Gasteiger partial charge is 0.439 e. The molecule has 214 valence electrons. The third kappa shape index (κ3) is 6.17. The van der Waals surface area contributed by atoms with Crippen LogP contribution < -0.4 is 16.0 Å². The van der Waals surface area contributed by atoms with Crippen LogP contribution in [0.5, 0.6) is 0 Å². The number of nitrogens with one attached hydrogen (secondary N) is 2. The second-order valence-corrected chi connectivity index (χ2v) is 9.52. The maximum absolute atomic E-state index is 14.6. The van der Waals surface area contributed by atoms with E-state index in [1.807, 2.05) is 0 Å². The lowest BCUT2D eigenvalue weighted by atomic mass is 10.1. The zero-order valence-corrected chi connectivity index (χ0v) is 21.9. The van der Waals surface area contributed by atoms with Crippen LogP contribution in [0.3, 0.4) is 0 Å². The van der Waals surface area contributed by atoms with Gasteiger partial charge < -0.3 is 24.6 Å². The minimum Gasteiger partial charge on any atom is -0.449 e. The molecule has 2 aromatic carbocycles. The van der Waals surface area contributed by atoms with Gasteiger partial charge in [-0.3, -0.25) is 28.7 Å². The Morgan fingerprint density at radius 1 is 1.10 bits per heavy atom. The van der Waals surface area contributed by atoms with Crippen molar-refractivity contribution in [1.82, 2.24) is 15.0 Å². The Balaban J connectivity index is 1.35. The first-order valence-corrected chi connectivity index (χ1v) is 12.9. The number of hydrogen-bond donors (Lipinski definition) is 2. The molecule has 1 aromatic heterocycles. The van der Waals surface area contributed by atoms with Crippen molar-refractivity contribution in [2.24, 2.45) is 0 Å². The van der Waals surface area contributed by atoms with E-state index in [-0.39, 0.29) is 41.8 Å². The molecule has 3 amide bonds. The van der Waals surface area contributed by atoms with E-state index in [1.165, 1.54) is 23.1 Å². The Morgan fingerprint density at radius 2 is 1.83 bits per heavy atom. The van der Waals surface area contributed by atoms with Crippen LogP contribution in [0.4, 0.5) is 15.8 Å². The van der Waals surface area contributed by atoms with Crippen LogP contribution in [0.15, 0.2) is 51.8 Å². The maximum Gasteiger partial charge on any atom is 0.439 e. The van der Waals surface area contributed by atoms with E-state index in [1.54, 1.807) is 17.0 Å². The number of morpholine rings is 1. The Morgan fingerprint density at radius 3 is 2.49 bits per heavy atom. The van der Waals surface area contributed by atoms with Crippen molar-refractivity contribution in [2.75, 3.05) is 36.5 Å². The van der Waals surface area contributed by atoms with Gasteiger partial charge in [-0.25, -0.2) is 9.18 Å². The number of esters is 1. The number of amides is 3. The lowest BCUT2D eigenvalue weighted by Crippen LogP contribution is -2.56. The highest BCUT2D eigenvalue weighted by Gasteiger charge is 2.43. The van der Waals surface area contributed by atoms with E-state index >= 15 is 0 Å². The standard InChI is InChI=1S/C27H26FN5O8/c1-15(34)40-21(24(35)29-19-6-4-16(5-7-19)23-30-27(38)41-31-23)22-26(37)33(10-11-39-22)20-13-17(12-18(28)14-20)25(36)32-8-2-3-9-32/h4-7,12-14,21-22H,2-3,8-11H2,1H3,(H,29,35)(H,30,31,38)/t21-,22-/m1/s1. The fraction of sp³-hybridized carbons (Fsp3) is 0.333. The molecule has 41 heavy (non-hydrogen) atoms. The average Bonchev–Trinajstić information content (AvgIpc) is 3.64. The third-order valence-electron chi connectivity index (χ3n) is 6.65. The molecule has 0 bridgehead atoms. The van der Waals surface area contributed by atoms with Gasteiger partial charge in [-0.1, -0.05) is 5.16 Å². The Hall–Kier alpha value is -4.85. The number of rotatable bonds is 7. The summed E-state index contributed by atoms with van der Waals surface area (Å²) in [5, 5.41) is 6.16. The quantitative estimate of drug-likeness (QED) is 0.405. The normalized spacial score (nSPS) is 17.8. The van der Waals surface area contributed by atoms with Crippen molar-refractivity contribution in [1.29, 1.82) is 0 Å². The number of anilines is 2. The van der Waals surface area contributed by atoms with Crippen LogP contribution >= 0.6 is 0 Å². The lowest BCUT2D eigenvalue weighted by molar-refractivity contribution is -0.167. The SMILES string of the molecule is CC(=O)O[C@@H](C(=O)Nc1ccc(-c2noc(=O)[nH]2)cc1)[C@H]1OCCN(c2cc(F)cc(C(=O)N3CCCC3)c2)C1=O. The summed E-state index contributed by atoms with van der Waals surface area (Å²) in [6.07, 6.45) is -1.48. The van der Waals surface area contributed by atoms with Crippen LogP contribution in [0, 0.1) is 5.82 Å². The molecule has 14 heteroatoms. The van der Waals surface area contributed by atoms with Gasteiger partial charge >= 0.3 is 11.7 Å². The Kier molecular flexibility index (Phi) is 7.92. The summed E-state index contributed by atoms with van der Waals surface area (Å²) in [5.41, 5.74) is 1.01. The fourth-order valence-electron chi connectivity index (χ4n) is 4.75. The molecule has 0 radical (unpaired) electrons. The third-order valence-corrected chi connectivity index (χ3v) is 6.65. The molecule has 2 N–H and O–H groups in total. The molecular weight excluding hydrogens is 541 g/mol. The molecule has 2 atom stereocenters. The molecule has 2 aliphatic heterocycles. The molecule has 2 aliphatic rings. The van der Waals surface area contributed by atoms with Crippen LogP contribution in [0.25, 0.3) is 11.4 Å². The van der Waals surface area contributed by atoms with E-state index in [9.17, 15) is 28.4 Å². The molecular formula is C27H26FN5O8. The summed E-state index contributed by atoms with van der Waals surface area (Å²) in [5.74, 6) is -3.98. The van der Waals surface area contributed by atoms with Crippen LogP contribution in [-0.2, 0) is 23.9 Å². The van der Waals surface area contributed by atoms with Crippen LogP contribution in [-0.4, -0.2) is 77.2 Å². The van der Waals surface area contributed by atoms with Gasteiger partial charge in [0.1, 0.15) is 5.82 Å². The fourth-order valence-corrected chi connectivity index (χ4v) is 4.75. The summed E-state index contributed by atoms with van der Waals surface area (Å²) in [4.78, 5) is 67.9. The van der Waals surface area contributed by atoms with E-state index in [0.29, 0.717) is 18.7 Å². The Labute approximate surface area is 232 Å². The second kappa shape index (κ2) is 11.7. The number of hydrogen-bond acceptors (Lipinski definition) is 9. The van der Waals surface area contributed by atoms with Crippen molar-refractivity contribution >= 4 is 35.1 Å². The lowest BCUT2D eigenvalue weighted by Gasteiger charge is -2.35. The monoisotopic (exact) mass is 567 g/mol. The highest BCUT2D eigenvalue weighted by atomic mass is 19.1. The van der Waals surface area contributed by atoms with E-state index in [0.717, 1.165) is 31.9 Å². The predicted molar refractivity (Wildman–Crippen MR) is 140 cm³/mol. The molecule has 3 heterocycles. The Bertz CT molecular complexity index is 1530. The molecule has 2 fully saturated rings. The van der Waals surface area contributed by atoms with Gasteiger partial charge in [0, 0.05) is 49.1 Å². The van der Waals surface area contributed by atoms with Gasteiger partial charge in [0.2, 0.25) is 6.10 Å². The van der Waals surface area contributed by atoms with Crippen LogP contribution in [0.1, 0.15) is 30.1 Å². The molecule has 0 spiro atoms. The predicted octanol–water partition coefficient (Wildman–Crippen LogP) is 1.71. The molecule has 13 nitrogen and oxygen atoms in total. The number of carbonyl (C=O) groups excluding carboxylic acids is 4. The van der Waals surface area contributed by atoms with Gasteiger partial charge in [-0.2, -0.15) is 0 Å². The first kappa shape index (κ1) is 27.7. The summed E-state index contributed by atoms with van der Waals surface area (Å²) in [6.45, 7) is 2.21. The summed E-state index contributed by atoms with van der Waals surface area (Å²) >= 11 is 0. The van der Waals surface area contributed by atoms with E-state index < -0.39 is 41.6 Å². The topological polar surface area (TPSA) is 164 Å². The van der Waals surface area contributed by atoms with Crippen molar-refractivity contribution < 1.29 is 37.6 Å². The number of ether oxygens (including phenoxy) is 2. The first-order chi connectivity index (χ1) is 19.7. The zero-order chi connectivity index (χ0) is 29.1. The molecule has 0 saturated carbocycles. The van der Waals surface area contributed by atoms with E-state index in [4.69, 9.17) is 9.47 Å². The van der Waals surface area contributed by atoms with Gasteiger partial charge in [-0.15, -0.1) is 0 Å². The molecule has 2 saturated heterocycles. The molecule has 5 rings (SSSR count). The van der Waals surface area contributed by atoms with Crippen molar-refractivity contribution in [3.63, 3.8) is 0 Å². The number of halogens is 1. The highest BCUT2D eigenvalue weighted by Crippen LogP contribution is 2.26. The molecule has 3 aromatic rings. The summed E-state index contributed by atoms with van der Waals surface area (Å²) < 4.78 is 29.9.